The third kappa shape index (κ3) is 2.01. The summed E-state index contributed by atoms with van der Waals surface area (Å²) in [4.78, 5) is 16.5. The van der Waals surface area contributed by atoms with Gasteiger partial charge in [0.2, 0.25) is 5.78 Å². The highest BCUT2D eigenvalue weighted by molar-refractivity contribution is 6.09. The van der Waals surface area contributed by atoms with Crippen molar-refractivity contribution >= 4 is 5.78 Å². The van der Waals surface area contributed by atoms with Crippen molar-refractivity contribution in [1.82, 2.24) is 9.55 Å². The minimum absolute atomic E-state index is 0.119. The van der Waals surface area contributed by atoms with E-state index < -0.39 is 0 Å². The fraction of sp³-hybridized carbons (Fsp3) is 0.286. The van der Waals surface area contributed by atoms with E-state index in [4.69, 9.17) is 4.74 Å². The van der Waals surface area contributed by atoms with E-state index in [0.29, 0.717) is 17.1 Å². The van der Waals surface area contributed by atoms with Crippen molar-refractivity contribution in [2.45, 2.75) is 13.8 Å². The number of hydrogen-bond acceptors (Lipinski definition) is 3. The number of carbonyl (C=O) groups is 1. The lowest BCUT2D eigenvalue weighted by Crippen LogP contribution is -2.11. The maximum atomic E-state index is 12.4. The van der Waals surface area contributed by atoms with Crippen molar-refractivity contribution in [2.75, 3.05) is 7.11 Å². The van der Waals surface area contributed by atoms with E-state index in [-0.39, 0.29) is 5.78 Å². The smallest absolute Gasteiger partial charge is 0.232 e. The van der Waals surface area contributed by atoms with E-state index in [1.807, 2.05) is 26.0 Å². The molecule has 94 valence electrons. The first-order chi connectivity index (χ1) is 8.54. The van der Waals surface area contributed by atoms with Crippen LogP contribution in [0.5, 0.6) is 5.75 Å². The molecule has 0 fully saturated rings. The molecule has 0 amide bonds. The molecule has 2 rings (SSSR count). The number of hydrogen-bond donors (Lipinski definition) is 0. The zero-order valence-electron chi connectivity index (χ0n) is 11.0. The van der Waals surface area contributed by atoms with E-state index in [0.717, 1.165) is 11.1 Å². The Balaban J connectivity index is 2.58. The van der Waals surface area contributed by atoms with Crippen molar-refractivity contribution in [3.05, 3.63) is 47.0 Å². The summed E-state index contributed by atoms with van der Waals surface area (Å²) in [5.41, 5.74) is 2.55. The average molecular weight is 244 g/mol. The van der Waals surface area contributed by atoms with Gasteiger partial charge < -0.3 is 9.30 Å². The summed E-state index contributed by atoms with van der Waals surface area (Å²) in [5, 5.41) is 0. The number of ketones is 1. The maximum absolute atomic E-state index is 12.4. The van der Waals surface area contributed by atoms with Crippen molar-refractivity contribution in [3.63, 3.8) is 0 Å². The van der Waals surface area contributed by atoms with Crippen LogP contribution in [0.4, 0.5) is 0 Å². The highest BCUT2D eigenvalue weighted by atomic mass is 16.5. The van der Waals surface area contributed by atoms with Gasteiger partial charge in [-0.3, -0.25) is 4.79 Å². The minimum Gasteiger partial charge on any atom is -0.496 e. The molecule has 0 N–H and O–H groups in total. The summed E-state index contributed by atoms with van der Waals surface area (Å²) in [7, 11) is 3.38. The van der Waals surface area contributed by atoms with E-state index in [1.165, 1.54) is 0 Å². The molecule has 0 saturated carbocycles. The Hall–Kier alpha value is -2.10. The van der Waals surface area contributed by atoms with Gasteiger partial charge in [0.15, 0.2) is 5.82 Å². The van der Waals surface area contributed by atoms with Gasteiger partial charge in [-0.05, 0) is 31.0 Å². The van der Waals surface area contributed by atoms with Gasteiger partial charge in [-0.2, -0.15) is 0 Å². The fourth-order valence-electron chi connectivity index (χ4n) is 2.10. The number of aromatic nitrogens is 2. The van der Waals surface area contributed by atoms with Crippen LogP contribution in [0.1, 0.15) is 27.3 Å². The number of methoxy groups -OCH3 is 1. The number of carbonyl (C=O) groups excluding carboxylic acids is 1. The Morgan fingerprint density at radius 1 is 1.33 bits per heavy atom. The van der Waals surface area contributed by atoms with Crippen LogP contribution in [0.2, 0.25) is 0 Å². The molecule has 0 atom stereocenters. The molecule has 0 unspecified atom stereocenters. The molecule has 1 aromatic carbocycles. The molecule has 0 aliphatic heterocycles. The Morgan fingerprint density at radius 2 is 2.06 bits per heavy atom. The molecule has 1 heterocycles. The van der Waals surface area contributed by atoms with Crippen molar-refractivity contribution in [2.24, 2.45) is 7.05 Å². The Kier molecular flexibility index (Phi) is 3.19. The summed E-state index contributed by atoms with van der Waals surface area (Å²) in [6.45, 7) is 3.89. The van der Waals surface area contributed by atoms with Crippen molar-refractivity contribution in [3.8, 4) is 5.75 Å². The topological polar surface area (TPSA) is 44.1 Å². The number of rotatable bonds is 3. The molecule has 0 saturated heterocycles. The minimum atomic E-state index is -0.119. The zero-order chi connectivity index (χ0) is 13.3. The molecule has 0 aliphatic rings. The number of aryl methyl sites for hydroxylation is 3. The lowest BCUT2D eigenvalue weighted by molar-refractivity contribution is 0.102. The highest BCUT2D eigenvalue weighted by Crippen LogP contribution is 2.26. The van der Waals surface area contributed by atoms with Gasteiger partial charge in [0.1, 0.15) is 5.75 Å². The Morgan fingerprint density at radius 3 is 2.61 bits per heavy atom. The second kappa shape index (κ2) is 4.64. The third-order valence-electron chi connectivity index (χ3n) is 2.89. The summed E-state index contributed by atoms with van der Waals surface area (Å²) in [5.74, 6) is 0.915. The van der Waals surface area contributed by atoms with E-state index in [2.05, 4.69) is 4.98 Å². The zero-order valence-corrected chi connectivity index (χ0v) is 11.0. The van der Waals surface area contributed by atoms with Gasteiger partial charge in [0.25, 0.3) is 0 Å². The number of benzene rings is 1. The van der Waals surface area contributed by atoms with Crippen LogP contribution in [0.15, 0.2) is 24.5 Å². The second-order valence-electron chi connectivity index (χ2n) is 4.35. The van der Waals surface area contributed by atoms with Crippen LogP contribution in [-0.2, 0) is 7.05 Å². The van der Waals surface area contributed by atoms with E-state index in [1.54, 1.807) is 31.1 Å². The predicted octanol–water partition coefficient (Wildman–Crippen LogP) is 2.28. The van der Waals surface area contributed by atoms with Crippen molar-refractivity contribution in [1.29, 1.82) is 0 Å². The predicted molar refractivity (Wildman–Crippen MR) is 69.1 cm³/mol. The van der Waals surface area contributed by atoms with Gasteiger partial charge in [0.05, 0.1) is 12.7 Å². The second-order valence-corrected chi connectivity index (χ2v) is 4.35. The van der Waals surface area contributed by atoms with Gasteiger partial charge in [-0.1, -0.05) is 6.07 Å². The quantitative estimate of drug-likeness (QED) is 0.778. The van der Waals surface area contributed by atoms with Crippen LogP contribution in [-0.4, -0.2) is 22.4 Å². The molecule has 4 heteroatoms. The average Bonchev–Trinajstić information content (AvgIpc) is 2.73. The molecular weight excluding hydrogens is 228 g/mol. The number of ether oxygens (including phenoxy) is 1. The van der Waals surface area contributed by atoms with Gasteiger partial charge >= 0.3 is 0 Å². The molecule has 1 aromatic heterocycles. The maximum Gasteiger partial charge on any atom is 0.232 e. The van der Waals surface area contributed by atoms with Crippen LogP contribution in [0, 0.1) is 13.8 Å². The standard InChI is InChI=1S/C14H16N2O2/c1-9-7-10(2)13(18-4)11(8-9)12(17)14-15-5-6-16(14)3/h5-8H,1-4H3. The summed E-state index contributed by atoms with van der Waals surface area (Å²) in [6, 6.07) is 3.83. The number of nitrogens with zero attached hydrogens (tertiary/aromatic N) is 2. The van der Waals surface area contributed by atoms with Crippen LogP contribution in [0.3, 0.4) is 0 Å². The van der Waals surface area contributed by atoms with Gasteiger partial charge in [-0.15, -0.1) is 0 Å². The highest BCUT2D eigenvalue weighted by Gasteiger charge is 2.19. The first kappa shape index (κ1) is 12.4. The Labute approximate surface area is 106 Å². The normalized spacial score (nSPS) is 10.4. The molecule has 0 bridgehead atoms. The van der Waals surface area contributed by atoms with Gasteiger partial charge in [-0.25, -0.2) is 4.98 Å². The molecule has 4 nitrogen and oxygen atoms in total. The van der Waals surface area contributed by atoms with E-state index in [9.17, 15) is 4.79 Å². The molecule has 2 aromatic rings. The molecule has 0 aliphatic carbocycles. The van der Waals surface area contributed by atoms with Crippen LogP contribution in [0.25, 0.3) is 0 Å². The third-order valence-corrected chi connectivity index (χ3v) is 2.89. The lowest BCUT2D eigenvalue weighted by atomic mass is 10.0. The number of imidazole rings is 1. The first-order valence-electron chi connectivity index (χ1n) is 5.72. The lowest BCUT2D eigenvalue weighted by Gasteiger charge is -2.11. The summed E-state index contributed by atoms with van der Waals surface area (Å²) < 4.78 is 7.04. The molecule has 0 radical (unpaired) electrons. The summed E-state index contributed by atoms with van der Waals surface area (Å²) in [6.07, 6.45) is 3.37. The van der Waals surface area contributed by atoms with Gasteiger partial charge in [0, 0.05) is 19.4 Å². The first-order valence-corrected chi connectivity index (χ1v) is 5.72. The molecule has 0 spiro atoms. The van der Waals surface area contributed by atoms with Crippen molar-refractivity contribution < 1.29 is 9.53 Å². The Bertz CT molecular complexity index is 600. The molecular formula is C14H16N2O2. The summed E-state index contributed by atoms with van der Waals surface area (Å²) >= 11 is 0. The van der Waals surface area contributed by atoms with Crippen LogP contribution < -0.4 is 4.74 Å². The fourth-order valence-corrected chi connectivity index (χ4v) is 2.10. The SMILES string of the molecule is COc1c(C)cc(C)cc1C(=O)c1nccn1C. The molecule has 18 heavy (non-hydrogen) atoms. The van der Waals surface area contributed by atoms with E-state index >= 15 is 0 Å². The largest absolute Gasteiger partial charge is 0.496 e. The monoisotopic (exact) mass is 244 g/mol. The van der Waals surface area contributed by atoms with Crippen LogP contribution >= 0.6 is 0 Å².